The van der Waals surface area contributed by atoms with Crippen molar-refractivity contribution < 1.29 is 23.2 Å². The molecule has 2 aliphatic carbocycles. The summed E-state index contributed by atoms with van der Waals surface area (Å²) in [5.74, 6) is 1.33. The fraction of sp³-hybridized carbons (Fsp3) is 0.333. The first kappa shape index (κ1) is 17.2. The third-order valence-corrected chi connectivity index (χ3v) is 9.50. The Bertz CT molecular complexity index is 822. The van der Waals surface area contributed by atoms with Crippen molar-refractivity contribution in [3.8, 4) is 11.1 Å². The molecule has 0 saturated carbocycles. The minimum absolute atomic E-state index is 0.650. The van der Waals surface area contributed by atoms with Crippen molar-refractivity contribution in [3.05, 3.63) is 80.2 Å². The monoisotopic (exact) mass is 404 g/mol. The van der Waals surface area contributed by atoms with Crippen molar-refractivity contribution in [2.24, 2.45) is 11.8 Å². The topological polar surface area (TPSA) is 0 Å². The van der Waals surface area contributed by atoms with Crippen LogP contribution in [-0.2, 0) is 23.2 Å². The molecule has 2 aliphatic rings. The number of benzene rings is 2. The third kappa shape index (κ3) is 3.06. The van der Waals surface area contributed by atoms with Gasteiger partial charge < -0.3 is 0 Å². The Morgan fingerprint density at radius 1 is 0.800 bits per heavy atom. The number of hydrogen-bond acceptors (Lipinski definition) is 0. The summed E-state index contributed by atoms with van der Waals surface area (Å²) in [5.41, 5.74) is 9.45. The summed E-state index contributed by atoms with van der Waals surface area (Å²) in [7, 11) is 0. The van der Waals surface area contributed by atoms with Crippen LogP contribution in [0.3, 0.4) is 0 Å². The van der Waals surface area contributed by atoms with Gasteiger partial charge in [0.05, 0.1) is 0 Å². The van der Waals surface area contributed by atoms with E-state index in [2.05, 4.69) is 82.3 Å². The van der Waals surface area contributed by atoms with E-state index in [4.69, 9.17) is 0 Å². The molecule has 0 nitrogen and oxygen atoms in total. The van der Waals surface area contributed by atoms with Crippen LogP contribution in [0.15, 0.2) is 69.0 Å². The van der Waals surface area contributed by atoms with Gasteiger partial charge in [-0.25, -0.2) is 0 Å². The second-order valence-electron chi connectivity index (χ2n) is 7.89. The number of fused-ring (bicyclic) bond motifs is 3. The summed E-state index contributed by atoms with van der Waals surface area (Å²) in [5, 5.41) is 0. The van der Waals surface area contributed by atoms with Crippen LogP contribution in [0.2, 0.25) is 0 Å². The van der Waals surface area contributed by atoms with E-state index in [-0.39, 0.29) is 0 Å². The van der Waals surface area contributed by atoms with Gasteiger partial charge in [-0.2, -0.15) is 0 Å². The molecular weight excluding hydrogens is 379 g/mol. The third-order valence-electron chi connectivity index (χ3n) is 5.56. The second kappa shape index (κ2) is 6.84. The number of hydrogen-bond donors (Lipinski definition) is 0. The first-order valence-corrected chi connectivity index (χ1v) is 12.1. The van der Waals surface area contributed by atoms with Crippen LogP contribution in [0.25, 0.3) is 11.1 Å². The molecule has 0 N–H and O–H groups in total. The Balaban J connectivity index is 1.68. The van der Waals surface area contributed by atoms with Gasteiger partial charge in [0.25, 0.3) is 0 Å². The zero-order valence-corrected chi connectivity index (χ0v) is 18.1. The Labute approximate surface area is 163 Å². The molecule has 126 valence electrons. The van der Waals surface area contributed by atoms with Crippen molar-refractivity contribution in [2.75, 3.05) is 0 Å². The Morgan fingerprint density at radius 3 is 1.84 bits per heavy atom. The van der Waals surface area contributed by atoms with Crippen molar-refractivity contribution in [2.45, 2.75) is 37.7 Å². The van der Waals surface area contributed by atoms with E-state index in [0.717, 1.165) is 0 Å². The van der Waals surface area contributed by atoms with Gasteiger partial charge in [0, 0.05) is 0 Å². The van der Waals surface area contributed by atoms with Crippen molar-refractivity contribution in [1.82, 2.24) is 0 Å². The summed E-state index contributed by atoms with van der Waals surface area (Å²) in [6, 6.07) is 18.2. The molecule has 2 aromatic rings. The van der Waals surface area contributed by atoms with Crippen LogP contribution in [0.1, 0.15) is 48.9 Å². The minimum atomic E-state index is -0.701. The zero-order chi connectivity index (χ0) is 17.6. The van der Waals surface area contributed by atoms with Crippen LogP contribution < -0.4 is 0 Å². The van der Waals surface area contributed by atoms with E-state index < -0.39 is 23.2 Å². The van der Waals surface area contributed by atoms with E-state index >= 15 is 0 Å². The van der Waals surface area contributed by atoms with E-state index in [1.165, 1.54) is 17.5 Å². The second-order valence-corrected chi connectivity index (χ2v) is 11.6. The van der Waals surface area contributed by atoms with Crippen LogP contribution in [-0.4, -0.2) is 0 Å². The Hall–Kier alpha value is -1.20. The van der Waals surface area contributed by atoms with Crippen molar-refractivity contribution in [3.63, 3.8) is 0 Å². The Kier molecular flexibility index (Phi) is 4.72. The molecule has 0 bridgehead atoms. The first-order valence-electron chi connectivity index (χ1n) is 9.44. The maximum atomic E-state index is 2.59. The van der Waals surface area contributed by atoms with E-state index in [1.807, 2.05) is 0 Å². The summed E-state index contributed by atoms with van der Waals surface area (Å²) in [6.45, 7) is 9.42. The van der Waals surface area contributed by atoms with Crippen LogP contribution in [0, 0.1) is 11.8 Å². The van der Waals surface area contributed by atoms with Gasteiger partial charge in [0.1, 0.15) is 0 Å². The summed E-state index contributed by atoms with van der Waals surface area (Å²) < 4.78 is 2.47. The van der Waals surface area contributed by atoms with Gasteiger partial charge in [0.15, 0.2) is 0 Å². The van der Waals surface area contributed by atoms with Crippen molar-refractivity contribution >= 4 is 0 Å². The van der Waals surface area contributed by atoms with Gasteiger partial charge in [-0.15, -0.1) is 0 Å². The molecule has 0 spiro atoms. The van der Waals surface area contributed by atoms with Gasteiger partial charge in [-0.3, -0.25) is 0 Å². The zero-order valence-electron chi connectivity index (χ0n) is 15.6. The average molecular weight is 406 g/mol. The van der Waals surface area contributed by atoms with Gasteiger partial charge in [-0.05, 0) is 0 Å². The van der Waals surface area contributed by atoms with Gasteiger partial charge >= 0.3 is 164 Å². The van der Waals surface area contributed by atoms with Crippen LogP contribution in [0.4, 0.5) is 0 Å². The number of rotatable bonds is 4. The molecule has 0 aromatic heterocycles. The summed E-state index contributed by atoms with van der Waals surface area (Å²) >= 11 is -0.701. The molecule has 0 fully saturated rings. The molecular formula is C24H26Zr. The normalized spacial score (nSPS) is 16.5. The van der Waals surface area contributed by atoms with E-state index in [1.54, 1.807) is 25.6 Å². The van der Waals surface area contributed by atoms with Gasteiger partial charge in [0.2, 0.25) is 0 Å². The fourth-order valence-electron chi connectivity index (χ4n) is 4.30. The van der Waals surface area contributed by atoms with E-state index in [9.17, 15) is 0 Å². The maximum absolute atomic E-state index is 2.59. The fourth-order valence-corrected chi connectivity index (χ4v) is 8.52. The average Bonchev–Trinajstić information content (AvgIpc) is 3.17. The molecule has 0 heterocycles. The van der Waals surface area contributed by atoms with Crippen LogP contribution in [0.5, 0.6) is 0 Å². The van der Waals surface area contributed by atoms with Crippen LogP contribution >= 0.6 is 0 Å². The molecule has 0 atom stereocenters. The standard InChI is InChI=1S/C13H9.C11H17.Zr/c1-3-7-12-10(5-1)9-11-6-2-4-8-13(11)12;1-8(2)10-6-5-7-11(10)9(3)4;/h1-9H;6,8-9H,7H2,1-4H3;. The molecule has 0 aliphatic heterocycles. The molecule has 2 aromatic carbocycles. The SMILES string of the molecule is CC(C)C1=C(C(C)C)C[C]([Zr][CH]2c3ccccc3-c3ccccc32)=C1. The first-order chi connectivity index (χ1) is 12.1. The summed E-state index contributed by atoms with van der Waals surface area (Å²) in [6.07, 6.45) is 3.84. The molecule has 4 rings (SSSR count). The summed E-state index contributed by atoms with van der Waals surface area (Å²) in [4.78, 5) is 0. The molecule has 1 heteroatoms. The Morgan fingerprint density at radius 2 is 1.36 bits per heavy atom. The van der Waals surface area contributed by atoms with E-state index in [0.29, 0.717) is 15.5 Å². The molecule has 0 saturated heterocycles. The molecule has 25 heavy (non-hydrogen) atoms. The predicted octanol–water partition coefficient (Wildman–Crippen LogP) is 6.74. The van der Waals surface area contributed by atoms with Gasteiger partial charge in [-0.1, -0.05) is 0 Å². The molecule has 0 unspecified atom stereocenters. The molecule has 0 radical (unpaired) electrons. The van der Waals surface area contributed by atoms with Crippen molar-refractivity contribution in [1.29, 1.82) is 0 Å². The number of allylic oxidation sites excluding steroid dienone is 4. The quantitative estimate of drug-likeness (QED) is 0.528. The molecule has 0 amide bonds. The predicted molar refractivity (Wildman–Crippen MR) is 103 cm³/mol.